The van der Waals surface area contributed by atoms with Crippen LogP contribution in [0.1, 0.15) is 23.4 Å². The fourth-order valence-electron chi connectivity index (χ4n) is 3.00. The summed E-state index contributed by atoms with van der Waals surface area (Å²) in [5, 5.41) is 2.22. The maximum Gasteiger partial charge on any atom is 0.289 e. The van der Waals surface area contributed by atoms with Crippen LogP contribution >= 0.6 is 0 Å². The Balaban J connectivity index is 1.35. The number of nitrogens with zero attached hydrogens (tertiary/aromatic N) is 3. The van der Waals surface area contributed by atoms with Gasteiger partial charge in [-0.2, -0.15) is 0 Å². The molecule has 1 amide bonds. The van der Waals surface area contributed by atoms with Crippen molar-refractivity contribution in [1.82, 2.24) is 20.2 Å². The number of furan rings is 1. The number of likely N-dealkylation sites (tertiary alicyclic amines) is 1. The molecule has 2 aliphatic rings. The molecule has 116 valence electrons. The van der Waals surface area contributed by atoms with Gasteiger partial charge >= 0.3 is 0 Å². The zero-order valence-corrected chi connectivity index (χ0v) is 12.5. The summed E-state index contributed by atoms with van der Waals surface area (Å²) >= 11 is 0. The summed E-state index contributed by atoms with van der Waals surface area (Å²) in [7, 11) is 0. The fraction of sp³-hybridized carbons (Fsp3) is 0.667. The minimum atomic E-state index is -0.00304. The highest BCUT2D eigenvalue weighted by atomic mass is 16.3. The van der Waals surface area contributed by atoms with Gasteiger partial charge in [0.25, 0.3) is 5.91 Å². The minimum absolute atomic E-state index is 0.00304. The molecule has 0 unspecified atom stereocenters. The summed E-state index contributed by atoms with van der Waals surface area (Å²) in [6.45, 7) is 7.82. The van der Waals surface area contributed by atoms with E-state index in [1.807, 2.05) is 4.90 Å². The normalized spacial score (nSPS) is 21.0. The van der Waals surface area contributed by atoms with Crippen LogP contribution in [-0.4, -0.2) is 73.1 Å². The average Bonchev–Trinajstić information content (AvgIpc) is 3.21. The van der Waals surface area contributed by atoms with Gasteiger partial charge in [-0.3, -0.25) is 10.2 Å². The maximum atomic E-state index is 12.1. The Labute approximate surface area is 125 Å². The number of hydrogen-bond donors (Lipinski definition) is 1. The smallest absolute Gasteiger partial charge is 0.289 e. The van der Waals surface area contributed by atoms with E-state index < -0.39 is 0 Å². The molecule has 1 aromatic heterocycles. The zero-order chi connectivity index (χ0) is 14.5. The lowest BCUT2D eigenvalue weighted by atomic mass is 10.3. The second-order valence-electron chi connectivity index (χ2n) is 5.71. The number of amides is 1. The van der Waals surface area contributed by atoms with Gasteiger partial charge in [-0.15, -0.1) is 0 Å². The first kappa shape index (κ1) is 14.6. The third-order valence-corrected chi connectivity index (χ3v) is 4.26. The topological polar surface area (TPSA) is 52.0 Å². The van der Waals surface area contributed by atoms with Crippen LogP contribution < -0.4 is 5.43 Å². The number of hydrazine groups is 1. The van der Waals surface area contributed by atoms with Crippen LogP contribution in [0.5, 0.6) is 0 Å². The second kappa shape index (κ2) is 7.06. The molecule has 0 bridgehead atoms. The van der Waals surface area contributed by atoms with E-state index in [0.29, 0.717) is 5.76 Å². The number of nitrogens with one attached hydrogen (secondary N) is 1. The van der Waals surface area contributed by atoms with Crippen molar-refractivity contribution in [2.45, 2.75) is 12.8 Å². The van der Waals surface area contributed by atoms with Crippen molar-refractivity contribution in [3.8, 4) is 0 Å². The molecule has 0 saturated carbocycles. The Kier molecular flexibility index (Phi) is 4.90. The van der Waals surface area contributed by atoms with Crippen LogP contribution in [0.3, 0.4) is 0 Å². The van der Waals surface area contributed by atoms with Gasteiger partial charge in [0, 0.05) is 39.3 Å². The van der Waals surface area contributed by atoms with E-state index >= 15 is 0 Å². The standard InChI is InChI=1S/C15H24N4O2/c20-15(14-4-3-13-21-14)18-9-11-19(12-10-18)16-5-8-17-6-1-2-7-17/h3-4,13,16H,1-2,5-12H2. The molecule has 0 aliphatic carbocycles. The highest BCUT2D eigenvalue weighted by Crippen LogP contribution is 2.09. The highest BCUT2D eigenvalue weighted by molar-refractivity contribution is 5.91. The van der Waals surface area contributed by atoms with Crippen LogP contribution in [-0.2, 0) is 0 Å². The summed E-state index contributed by atoms with van der Waals surface area (Å²) in [5.74, 6) is 0.433. The van der Waals surface area contributed by atoms with Gasteiger partial charge in [0.15, 0.2) is 5.76 Å². The van der Waals surface area contributed by atoms with Crippen LogP contribution in [0.15, 0.2) is 22.8 Å². The molecule has 21 heavy (non-hydrogen) atoms. The maximum absolute atomic E-state index is 12.1. The van der Waals surface area contributed by atoms with Crippen molar-refractivity contribution < 1.29 is 9.21 Å². The molecule has 6 heteroatoms. The molecular weight excluding hydrogens is 268 g/mol. The highest BCUT2D eigenvalue weighted by Gasteiger charge is 2.23. The van der Waals surface area contributed by atoms with Crippen molar-refractivity contribution in [3.63, 3.8) is 0 Å². The first-order valence-corrected chi connectivity index (χ1v) is 7.86. The van der Waals surface area contributed by atoms with Crippen molar-refractivity contribution in [1.29, 1.82) is 0 Å². The molecule has 2 saturated heterocycles. The third-order valence-electron chi connectivity index (χ3n) is 4.26. The molecule has 0 radical (unpaired) electrons. The molecular formula is C15H24N4O2. The lowest BCUT2D eigenvalue weighted by molar-refractivity contribution is 0.0516. The summed E-state index contributed by atoms with van der Waals surface area (Å²) in [5.41, 5.74) is 3.47. The van der Waals surface area contributed by atoms with E-state index in [2.05, 4.69) is 15.3 Å². The summed E-state index contributed by atoms with van der Waals surface area (Å²) in [6.07, 6.45) is 4.23. The summed E-state index contributed by atoms with van der Waals surface area (Å²) < 4.78 is 5.17. The van der Waals surface area contributed by atoms with Gasteiger partial charge in [0.1, 0.15) is 0 Å². The minimum Gasteiger partial charge on any atom is -0.459 e. The number of rotatable bonds is 5. The van der Waals surface area contributed by atoms with E-state index in [9.17, 15) is 4.79 Å². The Morgan fingerprint density at radius 1 is 1.14 bits per heavy atom. The predicted octanol–water partition coefficient (Wildman–Crippen LogP) is 0.638. The Morgan fingerprint density at radius 3 is 2.57 bits per heavy atom. The molecule has 2 aliphatic heterocycles. The molecule has 0 spiro atoms. The lowest BCUT2D eigenvalue weighted by Crippen LogP contribution is -2.54. The molecule has 1 aromatic rings. The molecule has 0 aromatic carbocycles. The van der Waals surface area contributed by atoms with Crippen LogP contribution in [0.25, 0.3) is 0 Å². The molecule has 1 N–H and O–H groups in total. The number of carbonyl (C=O) groups is 1. The van der Waals surface area contributed by atoms with Gasteiger partial charge < -0.3 is 14.2 Å². The van der Waals surface area contributed by atoms with Gasteiger partial charge in [0.05, 0.1) is 6.26 Å². The first-order chi connectivity index (χ1) is 10.3. The number of hydrogen-bond acceptors (Lipinski definition) is 5. The van der Waals surface area contributed by atoms with Crippen LogP contribution in [0.2, 0.25) is 0 Å². The summed E-state index contributed by atoms with van der Waals surface area (Å²) in [6, 6.07) is 3.48. The van der Waals surface area contributed by atoms with Gasteiger partial charge in [0.2, 0.25) is 0 Å². The fourth-order valence-corrected chi connectivity index (χ4v) is 3.00. The average molecular weight is 292 g/mol. The Hall–Kier alpha value is -1.37. The Morgan fingerprint density at radius 2 is 1.90 bits per heavy atom. The van der Waals surface area contributed by atoms with Gasteiger partial charge in [-0.1, -0.05) is 0 Å². The third kappa shape index (κ3) is 3.84. The lowest BCUT2D eigenvalue weighted by Gasteiger charge is -2.34. The zero-order valence-electron chi connectivity index (χ0n) is 12.5. The first-order valence-electron chi connectivity index (χ1n) is 7.86. The van der Waals surface area contributed by atoms with E-state index in [4.69, 9.17) is 4.42 Å². The van der Waals surface area contributed by atoms with E-state index in [1.54, 1.807) is 18.4 Å². The monoisotopic (exact) mass is 292 g/mol. The SMILES string of the molecule is O=C(c1ccco1)N1CCN(NCCN2CCCC2)CC1. The van der Waals surface area contributed by atoms with Gasteiger partial charge in [-0.05, 0) is 38.1 Å². The largest absolute Gasteiger partial charge is 0.459 e. The number of piperazine rings is 1. The van der Waals surface area contributed by atoms with E-state index in [-0.39, 0.29) is 5.91 Å². The molecule has 3 rings (SSSR count). The molecule has 0 atom stereocenters. The van der Waals surface area contributed by atoms with Crippen LogP contribution in [0, 0.1) is 0 Å². The van der Waals surface area contributed by atoms with Crippen molar-refractivity contribution >= 4 is 5.91 Å². The predicted molar refractivity (Wildman–Crippen MR) is 79.9 cm³/mol. The van der Waals surface area contributed by atoms with Crippen LogP contribution in [0.4, 0.5) is 0 Å². The number of carbonyl (C=O) groups excluding carboxylic acids is 1. The Bertz CT molecular complexity index is 435. The second-order valence-corrected chi connectivity index (χ2v) is 5.71. The van der Waals surface area contributed by atoms with E-state index in [1.165, 1.54) is 25.9 Å². The quantitative estimate of drug-likeness (QED) is 0.863. The molecule has 6 nitrogen and oxygen atoms in total. The van der Waals surface area contributed by atoms with Gasteiger partial charge in [-0.25, -0.2) is 5.01 Å². The van der Waals surface area contributed by atoms with Crippen molar-refractivity contribution in [2.75, 3.05) is 52.4 Å². The molecule has 2 fully saturated rings. The summed E-state index contributed by atoms with van der Waals surface area (Å²) in [4.78, 5) is 16.5. The molecule has 3 heterocycles. The van der Waals surface area contributed by atoms with Crippen molar-refractivity contribution in [2.24, 2.45) is 0 Å². The van der Waals surface area contributed by atoms with Crippen molar-refractivity contribution in [3.05, 3.63) is 24.2 Å². The van der Waals surface area contributed by atoms with E-state index in [0.717, 1.165) is 39.3 Å².